The highest BCUT2D eigenvalue weighted by molar-refractivity contribution is 5.27. The molecule has 1 rings (SSSR count). The second kappa shape index (κ2) is 6.23. The Morgan fingerprint density at radius 3 is 2.73 bits per heavy atom. The number of hydrogen-bond acceptors (Lipinski definition) is 0. The van der Waals surface area contributed by atoms with E-state index in [-0.39, 0.29) is 0 Å². The fraction of sp³-hybridized carbons (Fsp3) is 0.333. The van der Waals surface area contributed by atoms with E-state index in [1.807, 2.05) is 12.2 Å². The largest absolute Gasteiger partial charge is 0.0991 e. The molecule has 0 heterocycles. The first-order chi connectivity index (χ1) is 7.22. The van der Waals surface area contributed by atoms with E-state index in [9.17, 15) is 0 Å². The summed E-state index contributed by atoms with van der Waals surface area (Å²) in [5.74, 6) is 0. The van der Waals surface area contributed by atoms with Crippen molar-refractivity contribution in [3.05, 3.63) is 59.8 Å². The summed E-state index contributed by atoms with van der Waals surface area (Å²) in [6.07, 6.45) is 16.0. The van der Waals surface area contributed by atoms with Crippen molar-refractivity contribution in [3.63, 3.8) is 0 Å². The summed E-state index contributed by atoms with van der Waals surface area (Å²) in [4.78, 5) is 0. The van der Waals surface area contributed by atoms with Crippen molar-refractivity contribution < 1.29 is 0 Å². The SMILES string of the molecule is C=C/C=C\C=C(/C)CC1=CC=C(C)CC1. The first-order valence-corrected chi connectivity index (χ1v) is 5.52. The van der Waals surface area contributed by atoms with E-state index in [2.05, 4.69) is 38.7 Å². The molecule has 0 amide bonds. The molecular weight excluding hydrogens is 180 g/mol. The molecule has 0 aromatic carbocycles. The number of rotatable bonds is 4. The molecule has 0 heteroatoms. The van der Waals surface area contributed by atoms with Gasteiger partial charge < -0.3 is 0 Å². The van der Waals surface area contributed by atoms with Crippen molar-refractivity contribution in [3.8, 4) is 0 Å². The Kier molecular flexibility index (Phi) is 4.89. The summed E-state index contributed by atoms with van der Waals surface area (Å²) in [7, 11) is 0. The van der Waals surface area contributed by atoms with E-state index in [0.29, 0.717) is 0 Å². The molecule has 0 aromatic rings. The zero-order chi connectivity index (χ0) is 11.1. The first kappa shape index (κ1) is 11.8. The smallest absolute Gasteiger partial charge is 0.0105 e. The quantitative estimate of drug-likeness (QED) is 0.575. The van der Waals surface area contributed by atoms with Crippen LogP contribution >= 0.6 is 0 Å². The van der Waals surface area contributed by atoms with E-state index in [1.54, 1.807) is 11.6 Å². The lowest BCUT2D eigenvalue weighted by molar-refractivity contribution is 0.865. The van der Waals surface area contributed by atoms with Crippen molar-refractivity contribution in [1.29, 1.82) is 0 Å². The molecule has 0 fully saturated rings. The van der Waals surface area contributed by atoms with Crippen LogP contribution in [-0.2, 0) is 0 Å². The molecular formula is C15H20. The van der Waals surface area contributed by atoms with Gasteiger partial charge in [-0.05, 0) is 33.1 Å². The second-order valence-electron chi connectivity index (χ2n) is 4.15. The van der Waals surface area contributed by atoms with Gasteiger partial charge in [0.05, 0.1) is 0 Å². The van der Waals surface area contributed by atoms with Gasteiger partial charge in [-0.25, -0.2) is 0 Å². The highest BCUT2D eigenvalue weighted by atomic mass is 14.1. The standard InChI is InChI=1S/C15H20/c1-4-5-6-7-14(3)12-15-10-8-13(2)9-11-15/h4-8,10H,1,9,11-12H2,2-3H3/b6-5-,14-7+. The molecule has 0 aromatic heterocycles. The summed E-state index contributed by atoms with van der Waals surface area (Å²) < 4.78 is 0. The van der Waals surface area contributed by atoms with Gasteiger partial charge >= 0.3 is 0 Å². The van der Waals surface area contributed by atoms with E-state index in [1.165, 1.54) is 24.0 Å². The molecule has 0 bridgehead atoms. The lowest BCUT2D eigenvalue weighted by atomic mass is 9.95. The van der Waals surface area contributed by atoms with Gasteiger partial charge in [0.15, 0.2) is 0 Å². The Morgan fingerprint density at radius 2 is 2.13 bits per heavy atom. The zero-order valence-corrected chi connectivity index (χ0v) is 9.79. The van der Waals surface area contributed by atoms with Crippen molar-refractivity contribution in [2.45, 2.75) is 33.1 Å². The molecule has 0 radical (unpaired) electrons. The zero-order valence-electron chi connectivity index (χ0n) is 9.79. The summed E-state index contributed by atoms with van der Waals surface area (Å²) in [6.45, 7) is 8.02. The topological polar surface area (TPSA) is 0 Å². The minimum absolute atomic E-state index is 1.10. The van der Waals surface area contributed by atoms with Crippen LogP contribution in [0.1, 0.15) is 33.1 Å². The Morgan fingerprint density at radius 1 is 1.33 bits per heavy atom. The Labute approximate surface area is 93.4 Å². The van der Waals surface area contributed by atoms with Crippen molar-refractivity contribution in [1.82, 2.24) is 0 Å². The van der Waals surface area contributed by atoms with Gasteiger partial charge in [-0.2, -0.15) is 0 Å². The van der Waals surface area contributed by atoms with Crippen LogP contribution in [-0.4, -0.2) is 0 Å². The van der Waals surface area contributed by atoms with Crippen LogP contribution in [0.15, 0.2) is 59.8 Å². The van der Waals surface area contributed by atoms with Gasteiger partial charge in [-0.15, -0.1) is 0 Å². The van der Waals surface area contributed by atoms with E-state index < -0.39 is 0 Å². The first-order valence-electron chi connectivity index (χ1n) is 5.52. The third-order valence-corrected chi connectivity index (χ3v) is 2.58. The normalized spacial score (nSPS) is 17.6. The summed E-state index contributed by atoms with van der Waals surface area (Å²) >= 11 is 0. The Balaban J connectivity index is 2.51. The lowest BCUT2D eigenvalue weighted by Gasteiger charge is -2.11. The monoisotopic (exact) mass is 200 g/mol. The van der Waals surface area contributed by atoms with Gasteiger partial charge in [0.25, 0.3) is 0 Å². The highest BCUT2D eigenvalue weighted by Crippen LogP contribution is 2.22. The van der Waals surface area contributed by atoms with Crippen LogP contribution in [0.2, 0.25) is 0 Å². The second-order valence-corrected chi connectivity index (χ2v) is 4.15. The maximum atomic E-state index is 3.65. The average Bonchev–Trinajstić information content (AvgIpc) is 2.22. The number of hydrogen-bond donors (Lipinski definition) is 0. The molecule has 80 valence electrons. The predicted molar refractivity (Wildman–Crippen MR) is 68.8 cm³/mol. The van der Waals surface area contributed by atoms with Gasteiger partial charge in [0.2, 0.25) is 0 Å². The van der Waals surface area contributed by atoms with Crippen LogP contribution in [0.4, 0.5) is 0 Å². The summed E-state index contributed by atoms with van der Waals surface area (Å²) in [6, 6.07) is 0. The van der Waals surface area contributed by atoms with Gasteiger partial charge in [-0.1, -0.05) is 59.8 Å². The van der Waals surface area contributed by atoms with E-state index in [4.69, 9.17) is 0 Å². The van der Waals surface area contributed by atoms with Crippen LogP contribution < -0.4 is 0 Å². The molecule has 0 saturated heterocycles. The van der Waals surface area contributed by atoms with Crippen LogP contribution in [0, 0.1) is 0 Å². The van der Waals surface area contributed by atoms with Crippen LogP contribution in [0.3, 0.4) is 0 Å². The molecule has 1 aliphatic carbocycles. The lowest BCUT2D eigenvalue weighted by Crippen LogP contribution is -1.92. The predicted octanol–water partition coefficient (Wildman–Crippen LogP) is 4.73. The van der Waals surface area contributed by atoms with Gasteiger partial charge in [-0.3, -0.25) is 0 Å². The van der Waals surface area contributed by atoms with E-state index in [0.717, 1.165) is 6.42 Å². The van der Waals surface area contributed by atoms with Crippen molar-refractivity contribution >= 4 is 0 Å². The maximum Gasteiger partial charge on any atom is -0.0105 e. The molecule has 15 heavy (non-hydrogen) atoms. The molecule has 0 unspecified atom stereocenters. The van der Waals surface area contributed by atoms with Gasteiger partial charge in [0, 0.05) is 0 Å². The highest BCUT2D eigenvalue weighted by Gasteiger charge is 2.03. The fourth-order valence-electron chi connectivity index (χ4n) is 1.65. The summed E-state index contributed by atoms with van der Waals surface area (Å²) in [5, 5.41) is 0. The minimum Gasteiger partial charge on any atom is -0.0991 e. The molecule has 0 saturated carbocycles. The van der Waals surface area contributed by atoms with E-state index >= 15 is 0 Å². The third kappa shape index (κ3) is 4.64. The van der Waals surface area contributed by atoms with Crippen molar-refractivity contribution in [2.24, 2.45) is 0 Å². The molecule has 0 spiro atoms. The third-order valence-electron chi connectivity index (χ3n) is 2.58. The fourth-order valence-corrected chi connectivity index (χ4v) is 1.65. The average molecular weight is 200 g/mol. The number of allylic oxidation sites excluding steroid dienone is 9. The van der Waals surface area contributed by atoms with Crippen molar-refractivity contribution in [2.75, 3.05) is 0 Å². The molecule has 0 nitrogen and oxygen atoms in total. The van der Waals surface area contributed by atoms with Crippen LogP contribution in [0.25, 0.3) is 0 Å². The summed E-state index contributed by atoms with van der Waals surface area (Å²) in [5.41, 5.74) is 4.44. The van der Waals surface area contributed by atoms with Crippen LogP contribution in [0.5, 0.6) is 0 Å². The minimum atomic E-state index is 1.10. The molecule has 1 aliphatic rings. The molecule has 0 N–H and O–H groups in total. The Hall–Kier alpha value is -1.30. The Bertz CT molecular complexity index is 335. The van der Waals surface area contributed by atoms with Gasteiger partial charge in [0.1, 0.15) is 0 Å². The molecule has 0 aliphatic heterocycles. The molecule has 0 atom stereocenters. The maximum absolute atomic E-state index is 3.65.